The highest BCUT2D eigenvalue weighted by Gasteiger charge is 2.39. The van der Waals surface area contributed by atoms with Crippen LogP contribution in [0.5, 0.6) is 23.0 Å². The highest BCUT2D eigenvalue weighted by atomic mass is 32.2. The van der Waals surface area contributed by atoms with Gasteiger partial charge in [0.1, 0.15) is 68.0 Å². The fraction of sp³-hybridized carbons (Fsp3) is 0.256. The van der Waals surface area contributed by atoms with Crippen LogP contribution in [-0.4, -0.2) is 215 Å². The van der Waals surface area contributed by atoms with Crippen LogP contribution in [0, 0.1) is 5.92 Å². The Labute approximate surface area is 783 Å². The van der Waals surface area contributed by atoms with Crippen molar-refractivity contribution < 1.29 is 107 Å². The molecule has 1 aliphatic carbocycles. The average molecular weight is 2000 g/mol. The molecule has 53 heteroatoms. The largest absolute Gasteiger partial charge is 0.434 e. The highest BCUT2D eigenvalue weighted by molar-refractivity contribution is 7.92. The second kappa shape index (κ2) is 40.4. The van der Waals surface area contributed by atoms with Gasteiger partial charge in [-0.25, -0.2) is 71.7 Å². The lowest BCUT2D eigenvalue weighted by Gasteiger charge is -2.29. The van der Waals surface area contributed by atoms with Crippen molar-refractivity contribution in [2.24, 2.45) is 34.1 Å². The molecule has 1 saturated heterocycles. The first-order valence-corrected chi connectivity index (χ1v) is 47.9. The zero-order chi connectivity index (χ0) is 99.4. The molecule has 4 amide bonds. The number of aryl methyl sites for hydroxylation is 4. The van der Waals surface area contributed by atoms with Crippen LogP contribution in [0.25, 0.3) is 67.6 Å². The molecule has 1 atom stereocenters. The number of halogens is 8. The van der Waals surface area contributed by atoms with Crippen molar-refractivity contribution in [1.29, 1.82) is 0 Å². The fourth-order valence-electron chi connectivity index (χ4n) is 14.3. The Bertz CT molecular complexity index is 7630. The third kappa shape index (κ3) is 21.7. The van der Waals surface area contributed by atoms with Crippen LogP contribution in [-0.2, 0) is 67.7 Å². The SMILES string of the molecule is CC(C)CS(=O)(=O)c1ccc(OC(F)F)c(-c2nn(C)cc2NC(=O)c2cnn3cccnc23)c1.CCC(C)S(=O)(=O)c1ccc(OC(F)F)c(-c2nn(C)cc2NC(=O)c2cnn3cccnc23)c1.Cn1cc(NC(=O)c2cnn3cccnc23)c(-c2cc(S(=O)(=O)C3CC3)ccc2OC(F)F)n1.Cn1cc(NC(=O)c2cnn3cccnc23)c(-c2cc(S(=O)(=O)N3CCC3)ccc2OC(F)F)n1. The Balaban J connectivity index is 0.000000140. The van der Waals surface area contributed by atoms with Gasteiger partial charge >= 0.3 is 26.4 Å². The van der Waals surface area contributed by atoms with Gasteiger partial charge in [0.15, 0.2) is 52.1 Å². The third-order valence-corrected chi connectivity index (χ3v) is 29.7. The second-order valence-corrected chi connectivity index (χ2v) is 40.0. The predicted molar refractivity (Wildman–Crippen MR) is 482 cm³/mol. The minimum Gasteiger partial charge on any atom is -0.434 e. The van der Waals surface area contributed by atoms with E-state index in [0.29, 0.717) is 54.9 Å². The molecule has 1 saturated carbocycles. The number of sulfone groups is 3. The molecule has 139 heavy (non-hydrogen) atoms. The zero-order valence-corrected chi connectivity index (χ0v) is 77.3. The summed E-state index contributed by atoms with van der Waals surface area (Å²) >= 11 is 0. The molecular weight excluding hydrogens is 1920 g/mol. The molecule has 12 aromatic heterocycles. The maximum atomic E-state index is 13.1. The number of fused-ring (bicyclic) bond motifs is 4. The molecule has 18 rings (SSSR count). The monoisotopic (exact) mass is 2000 g/mol. The van der Waals surface area contributed by atoms with Gasteiger partial charge in [-0.05, 0) is 136 Å². The van der Waals surface area contributed by atoms with Crippen molar-refractivity contribution in [2.45, 2.75) is 110 Å². The molecule has 0 bridgehead atoms. The first-order valence-electron chi connectivity index (χ1n) is 41.8. The van der Waals surface area contributed by atoms with Gasteiger partial charge in [0, 0.05) is 138 Å². The number of sulfonamides is 1. The number of rotatable bonds is 30. The van der Waals surface area contributed by atoms with E-state index >= 15 is 0 Å². The summed E-state index contributed by atoms with van der Waals surface area (Å²) in [4.78, 5) is 68.3. The van der Waals surface area contributed by atoms with Gasteiger partial charge in [-0.3, -0.25) is 37.9 Å². The molecule has 41 nitrogen and oxygen atoms in total. The number of carbonyl (C=O) groups excluding carboxylic acids is 4. The molecule has 4 N–H and O–H groups in total. The summed E-state index contributed by atoms with van der Waals surface area (Å²) < 4.78 is 239. The summed E-state index contributed by atoms with van der Waals surface area (Å²) in [6.07, 6.45) is 26.1. The predicted octanol–water partition coefficient (Wildman–Crippen LogP) is 12.3. The highest BCUT2D eigenvalue weighted by Crippen LogP contribution is 2.44. The van der Waals surface area contributed by atoms with E-state index in [9.17, 15) is 88.0 Å². The van der Waals surface area contributed by atoms with Gasteiger partial charge < -0.3 is 40.2 Å². The number of amides is 4. The number of anilines is 4. The van der Waals surface area contributed by atoms with Crippen molar-refractivity contribution >= 4 is 109 Å². The third-order valence-electron chi connectivity index (χ3n) is 21.2. The van der Waals surface area contributed by atoms with Crippen LogP contribution in [0.4, 0.5) is 57.9 Å². The summed E-state index contributed by atoms with van der Waals surface area (Å²) in [5, 5.41) is 43.0. The van der Waals surface area contributed by atoms with Gasteiger partial charge in [0.25, 0.3) is 23.6 Å². The molecule has 726 valence electrons. The second-order valence-electron chi connectivity index (χ2n) is 31.4. The average Bonchev–Trinajstić information content (AvgIpc) is 1.43. The molecule has 0 spiro atoms. The fourth-order valence-corrected chi connectivity index (χ4v) is 20.6. The molecular formula is C86H81F8N25O16S4. The lowest BCUT2D eigenvalue weighted by molar-refractivity contribution is -0.0501. The van der Waals surface area contributed by atoms with E-state index < -0.39 is 100 Å². The quantitative estimate of drug-likeness (QED) is 0.0304. The van der Waals surface area contributed by atoms with Crippen LogP contribution >= 0.6 is 0 Å². The maximum absolute atomic E-state index is 13.1. The Morgan fingerprint density at radius 2 is 0.698 bits per heavy atom. The van der Waals surface area contributed by atoms with Crippen molar-refractivity contribution in [3.8, 4) is 68.0 Å². The number of hydrogen-bond donors (Lipinski definition) is 4. The molecule has 1 unspecified atom stereocenters. The topological polar surface area (TPSA) is 485 Å². The number of ether oxygens (including phenoxy) is 4. The number of aromatic nitrogens is 20. The molecule has 2 aliphatic rings. The zero-order valence-electron chi connectivity index (χ0n) is 74.0. The standard InChI is InChI=1S/2C22H22F2N6O4S.C21H19F2N7O4S.C21H18F2N6O4S/c1-13(2)12-35(32,33)14-5-6-18(34-22(23)24)15(9-14)19-17(11-29(3)28-19)27-21(31)16-10-26-30-8-4-7-25-20(16)30;1-4-13(2)35(32,33)14-6-7-18(34-22(23)24)15(10-14)19-17(12-29(3)28-19)27-21(31)16-11-26-30-9-5-8-25-20(16)30;1-28-12-16(26-20(31)15-11-25-30-9-2-6-24-19(15)30)18(27-28)14-10-13(4-5-17(14)34-21(22)23)35(32,33)29-7-3-8-29;1-28-11-16(26-20(30)15-10-25-29-8-2-7-24-19(15)29)18(27-28)14-9-13(34(31,32)12-3-4-12)5-6-17(14)33-21(22)23/h4-11,13,22H,12H2,1-3H3,(H,27,31);5-13,22H,4H2,1-3H3,(H,27,31);2,4-6,9-12,21H,3,7-8H2,1H3,(H,26,31);2,5-12,21H,3-4H2,1H3,(H,26,30). The van der Waals surface area contributed by atoms with Crippen molar-refractivity contribution in [3.05, 3.63) is 218 Å². The van der Waals surface area contributed by atoms with E-state index in [1.807, 2.05) is 0 Å². The number of benzene rings is 4. The minimum absolute atomic E-state index is 0.0101. The molecule has 2 fully saturated rings. The maximum Gasteiger partial charge on any atom is 0.387 e. The van der Waals surface area contributed by atoms with E-state index in [1.165, 1.54) is 170 Å². The normalized spacial score (nSPS) is 13.2. The Hall–Kier alpha value is -15.5. The lowest BCUT2D eigenvalue weighted by atomic mass is 10.1. The van der Waals surface area contributed by atoms with Crippen LogP contribution in [0.2, 0.25) is 0 Å². The number of nitrogens with zero attached hydrogens (tertiary/aromatic N) is 21. The van der Waals surface area contributed by atoms with Gasteiger partial charge in [-0.15, -0.1) is 0 Å². The van der Waals surface area contributed by atoms with Gasteiger partial charge in [-0.1, -0.05) is 20.8 Å². The van der Waals surface area contributed by atoms with Crippen molar-refractivity contribution in [3.63, 3.8) is 0 Å². The van der Waals surface area contributed by atoms with Gasteiger partial charge in [0.2, 0.25) is 10.0 Å². The lowest BCUT2D eigenvalue weighted by Crippen LogP contribution is -2.41. The summed E-state index contributed by atoms with van der Waals surface area (Å²) in [6, 6.07) is 21.1. The molecule has 0 radical (unpaired) electrons. The summed E-state index contributed by atoms with van der Waals surface area (Å²) in [5.74, 6) is -3.63. The Morgan fingerprint density at radius 3 is 0.986 bits per heavy atom. The van der Waals surface area contributed by atoms with Gasteiger partial charge in [0.05, 0.1) is 83.4 Å². The Kier molecular flexibility index (Phi) is 28.5. The van der Waals surface area contributed by atoms with Crippen molar-refractivity contribution in [1.82, 2.24) is 102 Å². The first kappa shape index (κ1) is 98.0. The number of carbonyl (C=O) groups is 4. The van der Waals surface area contributed by atoms with E-state index in [2.05, 4.69) is 101 Å². The van der Waals surface area contributed by atoms with E-state index in [1.54, 1.807) is 105 Å². The minimum atomic E-state index is -3.82. The van der Waals surface area contributed by atoms with E-state index in [-0.39, 0.29) is 144 Å². The summed E-state index contributed by atoms with van der Waals surface area (Å²) in [7, 11) is -8.58. The Morgan fingerprint density at radius 1 is 0.410 bits per heavy atom. The van der Waals surface area contributed by atoms with Crippen LogP contribution < -0.4 is 40.2 Å². The molecule has 16 aromatic rings. The smallest absolute Gasteiger partial charge is 0.387 e. The van der Waals surface area contributed by atoms with Crippen molar-refractivity contribution in [2.75, 3.05) is 40.1 Å². The molecule has 13 heterocycles. The molecule has 4 aromatic carbocycles. The number of nitrogens with one attached hydrogen (secondary N) is 4. The molecule has 1 aliphatic heterocycles. The van der Waals surface area contributed by atoms with Crippen LogP contribution in [0.1, 0.15) is 94.8 Å². The number of alkyl halides is 8. The summed E-state index contributed by atoms with van der Waals surface area (Å²) in [6.45, 7) is -5.03. The summed E-state index contributed by atoms with van der Waals surface area (Å²) in [5.41, 5.74) is 2.86. The van der Waals surface area contributed by atoms with E-state index in [4.69, 9.17) is 0 Å². The first-order chi connectivity index (χ1) is 66.1. The van der Waals surface area contributed by atoms with Gasteiger partial charge in [-0.2, -0.15) is 80.2 Å². The van der Waals surface area contributed by atoms with E-state index in [0.717, 1.165) is 24.6 Å². The van der Waals surface area contributed by atoms with Crippen LogP contribution in [0.15, 0.2) is 216 Å². The number of hydrogen-bond acceptors (Lipinski definition) is 28. The van der Waals surface area contributed by atoms with Crippen LogP contribution in [0.3, 0.4) is 0 Å².